The Hall–Kier alpha value is -2.36. The third-order valence-electron chi connectivity index (χ3n) is 2.42. The smallest absolute Gasteiger partial charge is 0.379 e. The van der Waals surface area contributed by atoms with E-state index in [0.29, 0.717) is 11.8 Å². The third kappa shape index (κ3) is 1.24. The van der Waals surface area contributed by atoms with E-state index >= 15 is 0 Å². The lowest BCUT2D eigenvalue weighted by Crippen LogP contribution is -2.26. The van der Waals surface area contributed by atoms with Crippen molar-refractivity contribution in [1.82, 2.24) is 5.10 Å². The van der Waals surface area contributed by atoms with Crippen LogP contribution in [0.3, 0.4) is 0 Å². The number of anilines is 1. The average molecular weight is 212 g/mol. The minimum Gasteiger partial charge on any atom is -0.379 e. The number of benzene rings is 1. The van der Waals surface area contributed by atoms with Gasteiger partial charge in [0.15, 0.2) is 0 Å². The maximum Gasteiger partial charge on any atom is 0.414 e. The molecule has 78 valence electrons. The van der Waals surface area contributed by atoms with Crippen LogP contribution in [0.15, 0.2) is 53.1 Å². The van der Waals surface area contributed by atoms with Crippen LogP contribution in [0.1, 0.15) is 0 Å². The lowest BCUT2D eigenvalue weighted by atomic mass is 10.2. The number of hydrogen-bond donors (Lipinski definition) is 1. The Morgan fingerprint density at radius 3 is 2.69 bits per heavy atom. The summed E-state index contributed by atoms with van der Waals surface area (Å²) >= 11 is 0. The van der Waals surface area contributed by atoms with Crippen molar-refractivity contribution >= 4 is 11.4 Å². The van der Waals surface area contributed by atoms with E-state index in [1.165, 1.54) is 0 Å². The van der Waals surface area contributed by atoms with Gasteiger partial charge in [0.25, 0.3) is 5.88 Å². The number of nitrogen functional groups attached to an aromatic ring is 1. The number of hydrogen-bond acceptors (Lipinski definition) is 3. The molecular weight excluding hydrogens is 202 g/mol. The van der Waals surface area contributed by atoms with Crippen LogP contribution in [0.5, 0.6) is 0 Å². The van der Waals surface area contributed by atoms with Gasteiger partial charge in [0.05, 0.1) is 11.8 Å². The van der Waals surface area contributed by atoms with E-state index in [1.54, 1.807) is 10.7 Å². The molecule has 0 spiro atoms. The van der Waals surface area contributed by atoms with Crippen LogP contribution in [0.2, 0.25) is 0 Å². The van der Waals surface area contributed by atoms with Crippen molar-refractivity contribution in [1.29, 1.82) is 0 Å². The highest BCUT2D eigenvalue weighted by molar-refractivity contribution is 5.62. The number of fused-ring (bicyclic) bond motifs is 1. The van der Waals surface area contributed by atoms with Gasteiger partial charge in [0.2, 0.25) is 0 Å². The van der Waals surface area contributed by atoms with Gasteiger partial charge >= 0.3 is 11.4 Å². The second-order valence-electron chi connectivity index (χ2n) is 3.46. The normalized spacial score (nSPS) is 10.8. The van der Waals surface area contributed by atoms with Crippen LogP contribution in [0.25, 0.3) is 17.0 Å². The minimum atomic E-state index is 0.381. The maximum atomic E-state index is 5.79. The van der Waals surface area contributed by atoms with Crippen molar-refractivity contribution in [2.24, 2.45) is 0 Å². The molecule has 0 saturated carbocycles. The van der Waals surface area contributed by atoms with Gasteiger partial charge in [0.1, 0.15) is 0 Å². The molecule has 0 atom stereocenters. The molecule has 0 aliphatic heterocycles. The number of aromatic nitrogens is 2. The first-order valence-electron chi connectivity index (χ1n) is 4.97. The lowest BCUT2D eigenvalue weighted by Gasteiger charge is -1.88. The Morgan fingerprint density at radius 1 is 1.06 bits per heavy atom. The molecule has 0 radical (unpaired) electrons. The molecule has 0 bridgehead atoms. The SMILES string of the molecule is Nc1oc(-c2ccccc2)[n+]2ncccc12. The molecule has 2 N–H and O–H groups in total. The fourth-order valence-electron chi connectivity index (χ4n) is 1.68. The molecule has 2 aromatic heterocycles. The molecular formula is C12H10N3O+. The zero-order chi connectivity index (χ0) is 11.0. The first-order chi connectivity index (χ1) is 7.86. The second-order valence-corrected chi connectivity index (χ2v) is 3.46. The van der Waals surface area contributed by atoms with Crippen LogP contribution < -0.4 is 10.2 Å². The summed E-state index contributed by atoms with van der Waals surface area (Å²) in [6, 6.07) is 13.5. The molecule has 0 unspecified atom stereocenters. The van der Waals surface area contributed by atoms with E-state index in [0.717, 1.165) is 11.1 Å². The summed E-state index contributed by atoms with van der Waals surface area (Å²) < 4.78 is 7.23. The Balaban J connectivity index is 2.33. The Bertz CT molecular complexity index is 631. The average Bonchev–Trinajstić information content (AvgIpc) is 2.69. The highest BCUT2D eigenvalue weighted by atomic mass is 16.4. The predicted octanol–water partition coefficient (Wildman–Crippen LogP) is 1.66. The van der Waals surface area contributed by atoms with E-state index in [4.69, 9.17) is 10.2 Å². The van der Waals surface area contributed by atoms with Crippen molar-refractivity contribution in [2.75, 3.05) is 5.73 Å². The van der Waals surface area contributed by atoms with Crippen LogP contribution >= 0.6 is 0 Å². The molecule has 4 nitrogen and oxygen atoms in total. The number of nitrogens with two attached hydrogens (primary N) is 1. The highest BCUT2D eigenvalue weighted by Crippen LogP contribution is 2.21. The van der Waals surface area contributed by atoms with E-state index in [2.05, 4.69) is 5.10 Å². The number of oxazole rings is 1. The van der Waals surface area contributed by atoms with Crippen molar-refractivity contribution in [3.63, 3.8) is 0 Å². The van der Waals surface area contributed by atoms with Gasteiger partial charge in [-0.15, -0.1) is 0 Å². The van der Waals surface area contributed by atoms with Crippen LogP contribution in [0.4, 0.5) is 5.88 Å². The topological polar surface area (TPSA) is 56.1 Å². The molecule has 0 aliphatic carbocycles. The Kier molecular flexibility index (Phi) is 1.86. The fraction of sp³-hybridized carbons (Fsp3) is 0. The molecule has 2 heterocycles. The van der Waals surface area contributed by atoms with Crippen molar-refractivity contribution in [3.05, 3.63) is 48.7 Å². The molecule has 0 saturated heterocycles. The van der Waals surface area contributed by atoms with Crippen molar-refractivity contribution in [2.45, 2.75) is 0 Å². The first kappa shape index (κ1) is 8.91. The standard InChI is InChI=1S/C12H10N3O/c13-11-10-7-4-8-14-15(10)12(16-11)9-5-2-1-3-6-9/h1-8H,13H2/q+1. The summed E-state index contributed by atoms with van der Waals surface area (Å²) in [4.78, 5) is 0. The van der Waals surface area contributed by atoms with E-state index in [-0.39, 0.29) is 0 Å². The summed E-state index contributed by atoms with van der Waals surface area (Å²) in [5.41, 5.74) is 7.52. The molecule has 16 heavy (non-hydrogen) atoms. The zero-order valence-corrected chi connectivity index (χ0v) is 8.50. The molecule has 0 amide bonds. The molecule has 1 aromatic carbocycles. The van der Waals surface area contributed by atoms with Crippen LogP contribution in [-0.2, 0) is 0 Å². The van der Waals surface area contributed by atoms with Gasteiger partial charge in [-0.1, -0.05) is 18.2 Å². The molecule has 0 fully saturated rings. The summed E-state index contributed by atoms with van der Waals surface area (Å²) in [6.45, 7) is 0. The third-order valence-corrected chi connectivity index (χ3v) is 2.42. The highest BCUT2D eigenvalue weighted by Gasteiger charge is 2.22. The molecule has 0 aliphatic rings. The van der Waals surface area contributed by atoms with Gasteiger partial charge in [-0.25, -0.2) is 0 Å². The van der Waals surface area contributed by atoms with Crippen LogP contribution in [-0.4, -0.2) is 5.10 Å². The van der Waals surface area contributed by atoms with Gasteiger partial charge in [-0.3, -0.25) is 0 Å². The number of rotatable bonds is 1. The van der Waals surface area contributed by atoms with Gasteiger partial charge in [-0.05, 0) is 22.7 Å². The largest absolute Gasteiger partial charge is 0.414 e. The van der Waals surface area contributed by atoms with E-state index in [1.807, 2.05) is 42.5 Å². The predicted molar refractivity (Wildman–Crippen MR) is 59.5 cm³/mol. The Morgan fingerprint density at radius 2 is 1.88 bits per heavy atom. The Labute approximate surface area is 91.9 Å². The summed E-state index contributed by atoms with van der Waals surface area (Å²) in [5, 5.41) is 4.22. The van der Waals surface area contributed by atoms with Gasteiger partial charge in [-0.2, -0.15) is 0 Å². The second kappa shape index (κ2) is 3.34. The van der Waals surface area contributed by atoms with E-state index < -0.39 is 0 Å². The fourth-order valence-corrected chi connectivity index (χ4v) is 1.68. The first-order valence-corrected chi connectivity index (χ1v) is 4.97. The molecule has 3 aromatic rings. The van der Waals surface area contributed by atoms with E-state index in [9.17, 15) is 0 Å². The lowest BCUT2D eigenvalue weighted by molar-refractivity contribution is -0.573. The monoisotopic (exact) mass is 212 g/mol. The van der Waals surface area contributed by atoms with Crippen LogP contribution in [0, 0.1) is 0 Å². The minimum absolute atomic E-state index is 0.381. The zero-order valence-electron chi connectivity index (χ0n) is 8.50. The van der Waals surface area contributed by atoms with Crippen molar-refractivity contribution in [3.8, 4) is 11.5 Å². The van der Waals surface area contributed by atoms with Gasteiger partial charge in [0, 0.05) is 11.2 Å². The summed E-state index contributed by atoms with van der Waals surface area (Å²) in [5.74, 6) is 1.03. The molecule has 3 rings (SSSR count). The van der Waals surface area contributed by atoms with Crippen molar-refractivity contribution < 1.29 is 8.93 Å². The van der Waals surface area contributed by atoms with Gasteiger partial charge < -0.3 is 10.2 Å². The summed E-state index contributed by atoms with van der Waals surface area (Å²) in [6.07, 6.45) is 1.70. The quantitative estimate of drug-likeness (QED) is 0.624. The number of nitrogens with zero attached hydrogens (tertiary/aromatic N) is 2. The molecule has 4 heteroatoms. The maximum absolute atomic E-state index is 5.79. The summed E-state index contributed by atoms with van der Waals surface area (Å²) in [7, 11) is 0.